The van der Waals surface area contributed by atoms with E-state index in [4.69, 9.17) is 4.74 Å². The Morgan fingerprint density at radius 2 is 1.42 bits per heavy atom. The molecule has 0 spiro atoms. The molecular formula is C26H27N3O4. The Bertz CT molecular complexity index is 1080. The lowest BCUT2D eigenvalue weighted by molar-refractivity contribution is -0.114. The van der Waals surface area contributed by atoms with E-state index in [1.165, 1.54) is 0 Å². The lowest BCUT2D eigenvalue weighted by atomic mass is 10.1. The first-order chi connectivity index (χ1) is 16.0. The largest absolute Gasteiger partial charge is 0.462 e. The summed E-state index contributed by atoms with van der Waals surface area (Å²) in [6, 6.07) is 22.9. The third-order valence-electron chi connectivity index (χ3n) is 4.87. The molecule has 2 amide bonds. The number of nitrogens with one attached hydrogen (secondary N) is 2. The smallest absolute Gasteiger partial charge is 0.338 e. The van der Waals surface area contributed by atoms with Crippen LogP contribution in [0, 0.1) is 0 Å². The number of para-hydroxylation sites is 1. The van der Waals surface area contributed by atoms with Gasteiger partial charge in [-0.2, -0.15) is 0 Å². The van der Waals surface area contributed by atoms with Gasteiger partial charge in [0.05, 0.1) is 18.7 Å². The van der Waals surface area contributed by atoms with Gasteiger partial charge in [0.15, 0.2) is 0 Å². The van der Waals surface area contributed by atoms with Crippen LogP contribution in [0.3, 0.4) is 0 Å². The summed E-state index contributed by atoms with van der Waals surface area (Å²) in [4.78, 5) is 38.3. The Hall–Kier alpha value is -4.13. The van der Waals surface area contributed by atoms with Crippen molar-refractivity contribution in [1.29, 1.82) is 0 Å². The fourth-order valence-corrected chi connectivity index (χ4v) is 3.05. The molecule has 7 heteroatoms. The van der Waals surface area contributed by atoms with E-state index in [2.05, 4.69) is 10.6 Å². The molecule has 0 saturated carbocycles. The Labute approximate surface area is 193 Å². The molecule has 0 radical (unpaired) electrons. The lowest BCUT2D eigenvalue weighted by Crippen LogP contribution is -2.26. The molecule has 0 aliphatic rings. The van der Waals surface area contributed by atoms with Gasteiger partial charge in [-0.15, -0.1) is 0 Å². The molecule has 0 atom stereocenters. The van der Waals surface area contributed by atoms with Crippen LogP contribution in [0.25, 0.3) is 0 Å². The van der Waals surface area contributed by atoms with Gasteiger partial charge in [0.1, 0.15) is 0 Å². The molecule has 0 aliphatic heterocycles. The molecule has 7 nitrogen and oxygen atoms in total. The number of carbonyl (C=O) groups is 3. The molecule has 2 N–H and O–H groups in total. The first-order valence-electron chi connectivity index (χ1n) is 10.7. The number of hydrogen-bond acceptors (Lipinski definition) is 5. The van der Waals surface area contributed by atoms with E-state index < -0.39 is 0 Å². The average molecular weight is 446 g/mol. The number of ether oxygens (including phenoxy) is 1. The third kappa shape index (κ3) is 6.67. The van der Waals surface area contributed by atoms with Crippen LogP contribution in [0.4, 0.5) is 17.1 Å². The van der Waals surface area contributed by atoms with Crippen LogP contribution in [0.5, 0.6) is 0 Å². The molecule has 0 aliphatic carbocycles. The van der Waals surface area contributed by atoms with Gasteiger partial charge < -0.3 is 20.3 Å². The van der Waals surface area contributed by atoms with E-state index in [0.29, 0.717) is 23.4 Å². The number of anilines is 3. The predicted molar refractivity (Wildman–Crippen MR) is 130 cm³/mol. The van der Waals surface area contributed by atoms with Crippen molar-refractivity contribution >= 4 is 34.8 Å². The second kappa shape index (κ2) is 11.5. The molecular weight excluding hydrogens is 418 g/mol. The van der Waals surface area contributed by atoms with Gasteiger partial charge >= 0.3 is 5.97 Å². The van der Waals surface area contributed by atoms with Crippen molar-refractivity contribution in [1.82, 2.24) is 0 Å². The fraction of sp³-hybridized carbons (Fsp3) is 0.192. The summed E-state index contributed by atoms with van der Waals surface area (Å²) in [5.41, 5.74) is 3.10. The highest BCUT2D eigenvalue weighted by Gasteiger charge is 2.13. The van der Waals surface area contributed by atoms with Gasteiger partial charge in [-0.3, -0.25) is 9.59 Å². The number of carbonyl (C=O) groups excluding carboxylic acids is 3. The van der Waals surface area contributed by atoms with Crippen LogP contribution in [0.15, 0.2) is 78.9 Å². The van der Waals surface area contributed by atoms with Gasteiger partial charge in [-0.05, 0) is 67.1 Å². The van der Waals surface area contributed by atoms with Crippen LogP contribution in [0.1, 0.15) is 34.1 Å². The zero-order valence-electron chi connectivity index (χ0n) is 18.7. The van der Waals surface area contributed by atoms with Crippen LogP contribution in [0.2, 0.25) is 0 Å². The number of hydrogen-bond donors (Lipinski definition) is 2. The van der Waals surface area contributed by atoms with E-state index in [-0.39, 0.29) is 24.3 Å². The number of amides is 2. The highest BCUT2D eigenvalue weighted by molar-refractivity contribution is 6.06. The monoisotopic (exact) mass is 445 g/mol. The Balaban J connectivity index is 1.49. The summed E-state index contributed by atoms with van der Waals surface area (Å²) in [6.45, 7) is 2.36. The van der Waals surface area contributed by atoms with Gasteiger partial charge in [0.2, 0.25) is 5.91 Å². The summed E-state index contributed by atoms with van der Waals surface area (Å²) >= 11 is 0. The standard InChI is InChI=1S/C26H27N3O4/c1-3-17-33-26(32)20-11-15-22(16-12-20)28-24(30)18-27-21-13-9-19(10-14-21)25(31)29(2)23-7-5-4-6-8-23/h4-16,27H,3,17-18H2,1-2H3,(H,28,30). The fourth-order valence-electron chi connectivity index (χ4n) is 3.05. The molecule has 0 fully saturated rings. The Kier molecular flexibility index (Phi) is 8.18. The molecule has 0 aromatic heterocycles. The first kappa shape index (κ1) is 23.5. The maximum atomic E-state index is 12.7. The summed E-state index contributed by atoms with van der Waals surface area (Å²) in [5.74, 6) is -0.735. The van der Waals surface area contributed by atoms with Crippen molar-refractivity contribution in [3.8, 4) is 0 Å². The van der Waals surface area contributed by atoms with Crippen molar-refractivity contribution in [3.63, 3.8) is 0 Å². The topological polar surface area (TPSA) is 87.7 Å². The molecule has 3 aromatic carbocycles. The van der Waals surface area contributed by atoms with Gasteiger partial charge in [-0.25, -0.2) is 4.79 Å². The minimum Gasteiger partial charge on any atom is -0.462 e. The van der Waals surface area contributed by atoms with Crippen molar-refractivity contribution in [2.45, 2.75) is 13.3 Å². The highest BCUT2D eigenvalue weighted by atomic mass is 16.5. The maximum absolute atomic E-state index is 12.7. The Morgan fingerprint density at radius 3 is 2.06 bits per heavy atom. The quantitative estimate of drug-likeness (QED) is 0.471. The Morgan fingerprint density at radius 1 is 0.818 bits per heavy atom. The average Bonchev–Trinajstić information content (AvgIpc) is 2.86. The molecule has 3 rings (SSSR count). The van der Waals surface area contributed by atoms with Crippen molar-refractivity contribution < 1.29 is 19.1 Å². The van der Waals surface area contributed by atoms with Gasteiger partial charge in [-0.1, -0.05) is 25.1 Å². The van der Waals surface area contributed by atoms with E-state index in [1.54, 1.807) is 60.5 Å². The van der Waals surface area contributed by atoms with Crippen LogP contribution >= 0.6 is 0 Å². The number of esters is 1. The van der Waals surface area contributed by atoms with E-state index >= 15 is 0 Å². The molecule has 0 unspecified atom stereocenters. The van der Waals surface area contributed by atoms with Crippen molar-refractivity contribution in [3.05, 3.63) is 90.0 Å². The normalized spacial score (nSPS) is 10.2. The summed E-state index contributed by atoms with van der Waals surface area (Å²) in [6.07, 6.45) is 0.761. The number of nitrogens with zero attached hydrogens (tertiary/aromatic N) is 1. The SMILES string of the molecule is CCCOC(=O)c1ccc(NC(=O)CNc2ccc(C(=O)N(C)c3ccccc3)cc2)cc1. The van der Waals surface area contributed by atoms with E-state index in [0.717, 1.165) is 17.8 Å². The lowest BCUT2D eigenvalue weighted by Gasteiger charge is -2.17. The van der Waals surface area contributed by atoms with Gasteiger partial charge in [0.25, 0.3) is 5.91 Å². The summed E-state index contributed by atoms with van der Waals surface area (Å²) < 4.78 is 5.08. The number of benzene rings is 3. The second-order valence-corrected chi connectivity index (χ2v) is 7.39. The molecule has 0 heterocycles. The second-order valence-electron chi connectivity index (χ2n) is 7.39. The highest BCUT2D eigenvalue weighted by Crippen LogP contribution is 2.17. The van der Waals surface area contributed by atoms with Gasteiger partial charge in [0, 0.05) is 29.7 Å². The van der Waals surface area contributed by atoms with Crippen molar-refractivity contribution in [2.24, 2.45) is 0 Å². The molecule has 33 heavy (non-hydrogen) atoms. The van der Waals surface area contributed by atoms with Crippen molar-refractivity contribution in [2.75, 3.05) is 35.7 Å². The van der Waals surface area contributed by atoms with Crippen LogP contribution in [-0.2, 0) is 9.53 Å². The zero-order valence-corrected chi connectivity index (χ0v) is 18.7. The minimum absolute atomic E-state index is 0.0531. The first-order valence-corrected chi connectivity index (χ1v) is 10.7. The van der Waals surface area contributed by atoms with Crippen LogP contribution < -0.4 is 15.5 Å². The zero-order chi connectivity index (χ0) is 23.6. The molecule has 0 saturated heterocycles. The predicted octanol–water partition coefficient (Wildman–Crippen LogP) is 4.58. The molecule has 3 aromatic rings. The third-order valence-corrected chi connectivity index (χ3v) is 4.87. The summed E-state index contributed by atoms with van der Waals surface area (Å²) in [5, 5.41) is 5.80. The summed E-state index contributed by atoms with van der Waals surface area (Å²) in [7, 11) is 1.73. The molecule has 0 bridgehead atoms. The van der Waals surface area contributed by atoms with Crippen LogP contribution in [-0.4, -0.2) is 38.0 Å². The van der Waals surface area contributed by atoms with E-state index in [1.807, 2.05) is 37.3 Å². The maximum Gasteiger partial charge on any atom is 0.338 e. The molecule has 170 valence electrons. The minimum atomic E-state index is -0.381. The number of rotatable bonds is 9. The van der Waals surface area contributed by atoms with E-state index in [9.17, 15) is 14.4 Å².